The predicted octanol–water partition coefficient (Wildman–Crippen LogP) is 2.89. The van der Waals surface area contributed by atoms with Gasteiger partial charge in [-0.2, -0.15) is 0 Å². The Labute approximate surface area is 142 Å². The summed E-state index contributed by atoms with van der Waals surface area (Å²) >= 11 is 0. The first-order chi connectivity index (χ1) is 11.7. The van der Waals surface area contributed by atoms with E-state index in [9.17, 15) is 4.79 Å². The Kier molecular flexibility index (Phi) is 4.50. The quantitative estimate of drug-likeness (QED) is 0.891. The number of hydrogen-bond donors (Lipinski definition) is 2. The molecule has 132 valence electrons. The second-order valence-corrected chi connectivity index (χ2v) is 7.15. The zero-order valence-corrected chi connectivity index (χ0v) is 14.0. The van der Waals surface area contributed by atoms with Gasteiger partial charge in [-0.05, 0) is 37.7 Å². The molecule has 0 radical (unpaired) electrons. The summed E-state index contributed by atoms with van der Waals surface area (Å²) in [7, 11) is 0. The number of hydrogen-bond acceptors (Lipinski definition) is 4. The molecular weight excluding hydrogens is 308 g/mol. The number of aryl methyl sites for hydroxylation is 1. The van der Waals surface area contributed by atoms with E-state index in [4.69, 9.17) is 13.9 Å². The van der Waals surface area contributed by atoms with Crippen molar-refractivity contribution in [3.63, 3.8) is 0 Å². The fourth-order valence-corrected chi connectivity index (χ4v) is 4.19. The highest BCUT2D eigenvalue weighted by molar-refractivity contribution is 5.74. The van der Waals surface area contributed by atoms with Crippen molar-refractivity contribution in [1.82, 2.24) is 10.6 Å². The zero-order chi connectivity index (χ0) is 16.4. The van der Waals surface area contributed by atoms with Crippen molar-refractivity contribution in [2.24, 2.45) is 5.92 Å². The minimum Gasteiger partial charge on any atom is -0.469 e. The molecule has 1 saturated carbocycles. The smallest absolute Gasteiger partial charge is 0.315 e. The number of carbonyl (C=O) groups excluding carboxylic acids is 1. The Morgan fingerprint density at radius 2 is 2.00 bits per heavy atom. The Morgan fingerprint density at radius 1 is 1.21 bits per heavy atom. The topological polar surface area (TPSA) is 72.7 Å². The number of carbonyl (C=O) groups is 1. The number of nitrogens with one attached hydrogen (secondary N) is 2. The van der Waals surface area contributed by atoms with Crippen LogP contribution >= 0.6 is 0 Å². The lowest BCUT2D eigenvalue weighted by molar-refractivity contribution is -0.182. The second-order valence-electron chi connectivity index (χ2n) is 7.15. The minimum atomic E-state index is -0.321. The summed E-state index contributed by atoms with van der Waals surface area (Å²) < 4.78 is 17.0. The van der Waals surface area contributed by atoms with Crippen molar-refractivity contribution in [2.45, 2.75) is 56.8 Å². The summed E-state index contributed by atoms with van der Waals surface area (Å²) in [6, 6.07) is 1.96. The van der Waals surface area contributed by atoms with Crippen LogP contribution in [0, 0.1) is 5.92 Å². The molecule has 1 saturated heterocycles. The largest absolute Gasteiger partial charge is 0.469 e. The van der Waals surface area contributed by atoms with Gasteiger partial charge in [0.2, 0.25) is 0 Å². The molecule has 6 heteroatoms. The van der Waals surface area contributed by atoms with Gasteiger partial charge < -0.3 is 24.5 Å². The average molecular weight is 334 g/mol. The minimum absolute atomic E-state index is 0.0717. The van der Waals surface area contributed by atoms with Gasteiger partial charge in [0.05, 0.1) is 25.5 Å². The van der Waals surface area contributed by atoms with Gasteiger partial charge in [0.15, 0.2) is 5.79 Å². The molecule has 1 aliphatic heterocycles. The van der Waals surface area contributed by atoms with E-state index in [1.165, 1.54) is 0 Å². The van der Waals surface area contributed by atoms with Gasteiger partial charge in [-0.15, -0.1) is 0 Å². The Balaban J connectivity index is 1.22. The SMILES string of the molecule is O=C(NCC1CCC2(CC1)OCCO2)N[C@H]1CCCc2occc21. The van der Waals surface area contributed by atoms with Crippen LogP contribution in [0.5, 0.6) is 0 Å². The molecule has 1 atom stereocenters. The van der Waals surface area contributed by atoms with E-state index in [2.05, 4.69) is 10.6 Å². The fourth-order valence-electron chi connectivity index (χ4n) is 4.19. The first kappa shape index (κ1) is 16.0. The number of ether oxygens (including phenoxy) is 2. The molecule has 3 aliphatic rings. The van der Waals surface area contributed by atoms with Crippen molar-refractivity contribution in [1.29, 1.82) is 0 Å². The van der Waals surface area contributed by atoms with Crippen LogP contribution in [0.25, 0.3) is 0 Å². The average Bonchev–Trinajstić information content (AvgIpc) is 3.25. The van der Waals surface area contributed by atoms with Crippen LogP contribution in [0.1, 0.15) is 55.9 Å². The summed E-state index contributed by atoms with van der Waals surface area (Å²) in [6.45, 7) is 2.14. The number of fused-ring (bicyclic) bond motifs is 1. The number of rotatable bonds is 3. The van der Waals surface area contributed by atoms with Gasteiger partial charge in [0.25, 0.3) is 0 Å². The van der Waals surface area contributed by atoms with Gasteiger partial charge in [0, 0.05) is 31.4 Å². The van der Waals surface area contributed by atoms with E-state index >= 15 is 0 Å². The van der Waals surface area contributed by atoms with Crippen LogP contribution in [0.4, 0.5) is 4.79 Å². The fraction of sp³-hybridized carbons (Fsp3) is 0.722. The molecule has 2 heterocycles. The first-order valence-electron chi connectivity index (χ1n) is 9.13. The first-order valence-corrected chi connectivity index (χ1v) is 9.13. The summed E-state index contributed by atoms with van der Waals surface area (Å²) in [5, 5.41) is 6.13. The summed E-state index contributed by atoms with van der Waals surface area (Å²) in [4.78, 5) is 12.2. The van der Waals surface area contributed by atoms with Gasteiger partial charge in [-0.1, -0.05) is 0 Å². The molecule has 2 amide bonds. The lowest BCUT2D eigenvalue weighted by Crippen LogP contribution is -2.43. The van der Waals surface area contributed by atoms with Gasteiger partial charge >= 0.3 is 6.03 Å². The summed E-state index contributed by atoms with van der Waals surface area (Å²) in [5.74, 6) is 1.20. The molecular formula is C18H26N2O4. The third-order valence-electron chi connectivity index (χ3n) is 5.59. The lowest BCUT2D eigenvalue weighted by Gasteiger charge is -2.35. The highest BCUT2D eigenvalue weighted by Crippen LogP contribution is 2.38. The second kappa shape index (κ2) is 6.76. The summed E-state index contributed by atoms with van der Waals surface area (Å²) in [6.07, 6.45) is 8.65. The molecule has 1 aromatic rings. The van der Waals surface area contributed by atoms with Crippen LogP contribution in [0.15, 0.2) is 16.7 Å². The molecule has 2 N–H and O–H groups in total. The van der Waals surface area contributed by atoms with Crippen LogP contribution in [0.3, 0.4) is 0 Å². The van der Waals surface area contributed by atoms with Crippen molar-refractivity contribution in [3.05, 3.63) is 23.7 Å². The molecule has 4 rings (SSSR count). The van der Waals surface area contributed by atoms with E-state index < -0.39 is 0 Å². The van der Waals surface area contributed by atoms with E-state index in [1.54, 1.807) is 6.26 Å². The monoisotopic (exact) mass is 334 g/mol. The highest BCUT2D eigenvalue weighted by atomic mass is 16.7. The van der Waals surface area contributed by atoms with E-state index in [1.807, 2.05) is 6.07 Å². The van der Waals surface area contributed by atoms with E-state index in [-0.39, 0.29) is 17.9 Å². The summed E-state index contributed by atoms with van der Waals surface area (Å²) in [5.41, 5.74) is 1.13. The maximum atomic E-state index is 12.2. The molecule has 0 aromatic carbocycles. The van der Waals surface area contributed by atoms with Crippen LogP contribution < -0.4 is 10.6 Å². The molecule has 0 bridgehead atoms. The zero-order valence-electron chi connectivity index (χ0n) is 14.0. The normalized spacial score (nSPS) is 26.2. The maximum absolute atomic E-state index is 12.2. The Hall–Kier alpha value is -1.53. The van der Waals surface area contributed by atoms with Gasteiger partial charge in [0.1, 0.15) is 5.76 Å². The standard InChI is InChI=1S/C18H26N2O4/c21-17(20-15-2-1-3-16-14(15)6-9-22-16)19-12-13-4-7-18(8-5-13)23-10-11-24-18/h6,9,13,15H,1-5,7-8,10-12H2,(H2,19,20,21)/t15-/m0/s1. The molecule has 2 fully saturated rings. The highest BCUT2D eigenvalue weighted by Gasteiger charge is 2.40. The van der Waals surface area contributed by atoms with Crippen molar-refractivity contribution < 1.29 is 18.7 Å². The molecule has 24 heavy (non-hydrogen) atoms. The van der Waals surface area contributed by atoms with E-state index in [0.29, 0.717) is 25.7 Å². The molecule has 2 aliphatic carbocycles. The third kappa shape index (κ3) is 3.30. The molecule has 0 unspecified atom stereocenters. The maximum Gasteiger partial charge on any atom is 0.315 e. The van der Waals surface area contributed by atoms with Crippen LogP contribution in [0.2, 0.25) is 0 Å². The number of urea groups is 1. The van der Waals surface area contributed by atoms with E-state index in [0.717, 1.165) is 56.3 Å². The van der Waals surface area contributed by atoms with Gasteiger partial charge in [-0.25, -0.2) is 4.79 Å². The van der Waals surface area contributed by atoms with Crippen molar-refractivity contribution in [2.75, 3.05) is 19.8 Å². The Bertz CT molecular complexity index is 569. The molecule has 6 nitrogen and oxygen atoms in total. The predicted molar refractivity (Wildman–Crippen MR) is 87.5 cm³/mol. The van der Waals surface area contributed by atoms with Gasteiger partial charge in [-0.3, -0.25) is 0 Å². The lowest BCUT2D eigenvalue weighted by atomic mass is 9.85. The third-order valence-corrected chi connectivity index (χ3v) is 5.59. The Morgan fingerprint density at radius 3 is 2.79 bits per heavy atom. The van der Waals surface area contributed by atoms with Crippen molar-refractivity contribution in [3.8, 4) is 0 Å². The number of amides is 2. The van der Waals surface area contributed by atoms with Crippen LogP contribution in [-0.4, -0.2) is 31.6 Å². The molecule has 1 aromatic heterocycles. The van der Waals surface area contributed by atoms with Crippen LogP contribution in [-0.2, 0) is 15.9 Å². The number of furan rings is 1. The molecule has 1 spiro atoms. The van der Waals surface area contributed by atoms with Crippen molar-refractivity contribution >= 4 is 6.03 Å².